The molecule has 180 valence electrons. The van der Waals surface area contributed by atoms with Crippen LogP contribution in [0.25, 0.3) is 11.1 Å². The van der Waals surface area contributed by atoms with Crippen molar-refractivity contribution in [2.75, 3.05) is 6.61 Å². The summed E-state index contributed by atoms with van der Waals surface area (Å²) in [5.41, 5.74) is 4.29. The lowest BCUT2D eigenvalue weighted by Gasteiger charge is -2.24. The van der Waals surface area contributed by atoms with Crippen molar-refractivity contribution in [3.63, 3.8) is 0 Å². The summed E-state index contributed by atoms with van der Waals surface area (Å²) >= 11 is 0. The molecule has 34 heavy (non-hydrogen) atoms. The zero-order valence-corrected chi connectivity index (χ0v) is 19.0. The van der Waals surface area contributed by atoms with E-state index in [4.69, 9.17) is 9.84 Å². The van der Waals surface area contributed by atoms with Crippen LogP contribution in [0.2, 0.25) is 0 Å². The maximum atomic E-state index is 12.7. The summed E-state index contributed by atoms with van der Waals surface area (Å²) in [6.45, 7) is 3.46. The quantitative estimate of drug-likeness (QED) is 0.420. The van der Waals surface area contributed by atoms with E-state index in [1.54, 1.807) is 13.8 Å². The van der Waals surface area contributed by atoms with Gasteiger partial charge in [-0.25, -0.2) is 9.59 Å². The number of nitrogens with one attached hydrogen (secondary N) is 2. The number of carbonyl (C=O) groups excluding carboxylic acids is 2. The average Bonchev–Trinajstić information content (AvgIpc) is 3.12. The lowest BCUT2D eigenvalue weighted by Crippen LogP contribution is -2.53. The maximum absolute atomic E-state index is 12.7. The molecule has 2 aromatic carbocycles. The largest absolute Gasteiger partial charge is 0.481 e. The molecular weight excluding hydrogens is 440 g/mol. The second-order valence-electron chi connectivity index (χ2n) is 8.52. The summed E-state index contributed by atoms with van der Waals surface area (Å²) in [6, 6.07) is 13.4. The third-order valence-corrected chi connectivity index (χ3v) is 5.83. The Bertz CT molecular complexity index is 1040. The van der Waals surface area contributed by atoms with E-state index < -0.39 is 42.4 Å². The van der Waals surface area contributed by atoms with Gasteiger partial charge in [0.15, 0.2) is 0 Å². The summed E-state index contributed by atoms with van der Waals surface area (Å²) in [5.74, 6) is -3.75. The Balaban J connectivity index is 1.64. The minimum absolute atomic E-state index is 0.0721. The predicted octanol–water partition coefficient (Wildman–Crippen LogP) is 2.98. The van der Waals surface area contributed by atoms with Gasteiger partial charge in [0, 0.05) is 12.3 Å². The first-order valence-corrected chi connectivity index (χ1v) is 11.1. The second-order valence-corrected chi connectivity index (χ2v) is 8.52. The van der Waals surface area contributed by atoms with Crippen molar-refractivity contribution in [3.05, 3.63) is 59.7 Å². The smallest absolute Gasteiger partial charge is 0.407 e. The lowest BCUT2D eigenvalue weighted by molar-refractivity contribution is -0.143. The molecule has 0 aromatic heterocycles. The molecule has 0 saturated heterocycles. The first-order chi connectivity index (χ1) is 16.2. The van der Waals surface area contributed by atoms with Crippen LogP contribution in [-0.4, -0.2) is 52.8 Å². The van der Waals surface area contributed by atoms with E-state index in [1.807, 2.05) is 48.5 Å². The number of hydrogen-bond acceptors (Lipinski definition) is 5. The highest BCUT2D eigenvalue weighted by atomic mass is 16.5. The number of benzene rings is 2. The molecule has 1 aliphatic rings. The maximum Gasteiger partial charge on any atom is 0.407 e. The van der Waals surface area contributed by atoms with Crippen molar-refractivity contribution in [2.24, 2.45) is 5.92 Å². The number of aliphatic carboxylic acids is 2. The van der Waals surface area contributed by atoms with Gasteiger partial charge in [0.1, 0.15) is 18.7 Å². The van der Waals surface area contributed by atoms with Gasteiger partial charge in [0.25, 0.3) is 0 Å². The lowest BCUT2D eigenvalue weighted by atomic mass is 9.98. The number of carbonyl (C=O) groups is 4. The van der Waals surface area contributed by atoms with E-state index in [0.29, 0.717) is 0 Å². The highest BCUT2D eigenvalue weighted by Crippen LogP contribution is 2.44. The zero-order chi connectivity index (χ0) is 24.8. The predicted molar refractivity (Wildman–Crippen MR) is 123 cm³/mol. The van der Waals surface area contributed by atoms with Crippen molar-refractivity contribution in [3.8, 4) is 11.1 Å². The van der Waals surface area contributed by atoms with Gasteiger partial charge in [0.05, 0.1) is 0 Å². The van der Waals surface area contributed by atoms with Crippen LogP contribution in [0.1, 0.15) is 43.7 Å². The van der Waals surface area contributed by atoms with Crippen LogP contribution in [0.5, 0.6) is 0 Å². The van der Waals surface area contributed by atoms with Crippen LogP contribution >= 0.6 is 0 Å². The number of rotatable bonds is 10. The molecule has 0 radical (unpaired) electrons. The summed E-state index contributed by atoms with van der Waals surface area (Å²) in [4.78, 5) is 47.4. The molecule has 0 saturated carbocycles. The standard InChI is InChI=1S/C25H28N2O7/c1-14(2)22(23(30)26-20(24(31)32)11-12-21(28)29)27-25(33)34-13-19-17-9-5-3-7-15(17)16-8-4-6-10-18(16)19/h3-10,14,19-20,22H,11-13H2,1-2H3,(H,26,30)(H,27,33)(H,28,29)(H,31,32). The molecule has 0 fully saturated rings. The average molecular weight is 469 g/mol. The molecule has 4 N–H and O–H groups in total. The first-order valence-electron chi connectivity index (χ1n) is 11.1. The van der Waals surface area contributed by atoms with Crippen LogP contribution in [0.4, 0.5) is 4.79 Å². The van der Waals surface area contributed by atoms with Gasteiger partial charge < -0.3 is 25.6 Å². The van der Waals surface area contributed by atoms with E-state index >= 15 is 0 Å². The van der Waals surface area contributed by atoms with E-state index in [2.05, 4.69) is 10.6 Å². The normalized spacial score (nSPS) is 14.0. The fourth-order valence-corrected chi connectivity index (χ4v) is 4.09. The molecule has 9 nitrogen and oxygen atoms in total. The third kappa shape index (κ3) is 5.72. The van der Waals surface area contributed by atoms with Crippen molar-refractivity contribution in [1.29, 1.82) is 0 Å². The number of carboxylic acids is 2. The highest BCUT2D eigenvalue weighted by molar-refractivity contribution is 5.89. The van der Waals surface area contributed by atoms with Crippen molar-refractivity contribution >= 4 is 23.9 Å². The number of ether oxygens (including phenoxy) is 1. The monoisotopic (exact) mass is 468 g/mol. The number of hydrogen-bond donors (Lipinski definition) is 4. The van der Waals surface area contributed by atoms with Crippen LogP contribution < -0.4 is 10.6 Å². The van der Waals surface area contributed by atoms with Crippen molar-refractivity contribution in [1.82, 2.24) is 10.6 Å². The van der Waals surface area contributed by atoms with Crippen molar-refractivity contribution in [2.45, 2.75) is 44.7 Å². The molecule has 2 amide bonds. The van der Waals surface area contributed by atoms with Gasteiger partial charge in [-0.15, -0.1) is 0 Å². The Labute approximate surface area is 197 Å². The molecule has 2 unspecified atom stereocenters. The van der Waals surface area contributed by atoms with Gasteiger partial charge in [-0.1, -0.05) is 62.4 Å². The van der Waals surface area contributed by atoms with Crippen LogP contribution in [0.15, 0.2) is 48.5 Å². The second kappa shape index (κ2) is 10.8. The molecule has 2 aromatic rings. The Kier molecular flexibility index (Phi) is 7.88. The molecule has 2 atom stereocenters. The topological polar surface area (TPSA) is 142 Å². The number of alkyl carbamates (subject to hydrolysis) is 1. The zero-order valence-electron chi connectivity index (χ0n) is 19.0. The first kappa shape index (κ1) is 24.8. The Hall–Kier alpha value is -3.88. The molecule has 0 bridgehead atoms. The highest BCUT2D eigenvalue weighted by Gasteiger charge is 2.31. The van der Waals surface area contributed by atoms with Gasteiger partial charge in [-0.3, -0.25) is 9.59 Å². The minimum atomic E-state index is -1.38. The summed E-state index contributed by atoms with van der Waals surface area (Å²) < 4.78 is 5.48. The minimum Gasteiger partial charge on any atom is -0.481 e. The fourth-order valence-electron chi connectivity index (χ4n) is 4.09. The van der Waals surface area contributed by atoms with Gasteiger partial charge in [-0.2, -0.15) is 0 Å². The molecule has 0 spiro atoms. The molecule has 9 heteroatoms. The third-order valence-electron chi connectivity index (χ3n) is 5.83. The molecule has 3 rings (SSSR count). The van der Waals surface area contributed by atoms with E-state index in [9.17, 15) is 24.3 Å². The van der Waals surface area contributed by atoms with E-state index in [-0.39, 0.29) is 24.9 Å². The molecule has 0 aliphatic heterocycles. The van der Waals surface area contributed by atoms with Crippen LogP contribution in [-0.2, 0) is 19.1 Å². The van der Waals surface area contributed by atoms with Crippen LogP contribution in [0.3, 0.4) is 0 Å². The van der Waals surface area contributed by atoms with Crippen molar-refractivity contribution < 1.29 is 34.1 Å². The van der Waals surface area contributed by atoms with E-state index in [0.717, 1.165) is 22.3 Å². The molecule has 0 heterocycles. The SMILES string of the molecule is CC(C)C(NC(=O)OCC1c2ccccc2-c2ccccc21)C(=O)NC(CCC(=O)O)C(=O)O. The van der Waals surface area contributed by atoms with Gasteiger partial charge in [-0.05, 0) is 34.6 Å². The fraction of sp³-hybridized carbons (Fsp3) is 0.360. The summed E-state index contributed by atoms with van der Waals surface area (Å²) in [5, 5.41) is 22.9. The number of fused-ring (bicyclic) bond motifs is 3. The van der Waals surface area contributed by atoms with Gasteiger partial charge in [0.2, 0.25) is 5.91 Å². The van der Waals surface area contributed by atoms with Crippen LogP contribution in [0, 0.1) is 5.92 Å². The Morgan fingerprint density at radius 1 is 0.912 bits per heavy atom. The number of amides is 2. The number of carboxylic acid groups (broad SMARTS) is 2. The Morgan fingerprint density at radius 3 is 1.97 bits per heavy atom. The van der Waals surface area contributed by atoms with E-state index in [1.165, 1.54) is 0 Å². The summed E-state index contributed by atoms with van der Waals surface area (Å²) in [7, 11) is 0. The molecule has 1 aliphatic carbocycles. The summed E-state index contributed by atoms with van der Waals surface area (Å²) in [6.07, 6.45) is -1.48. The van der Waals surface area contributed by atoms with Gasteiger partial charge >= 0.3 is 18.0 Å². The Morgan fingerprint density at radius 2 is 1.47 bits per heavy atom. The molecular formula is C25H28N2O7.